The van der Waals surface area contributed by atoms with Gasteiger partial charge in [-0.05, 0) is 58.4 Å². The molecule has 0 radical (unpaired) electrons. The first-order valence-corrected chi connectivity index (χ1v) is 26.6. The predicted octanol–water partition coefficient (Wildman–Crippen LogP) is 11.7. The number of nitrogens with one attached hydrogen (secondary N) is 2. The Labute approximate surface area is 389 Å². The van der Waals surface area contributed by atoms with Gasteiger partial charge in [-0.15, -0.1) is 11.3 Å². The molecule has 2 aliphatic carbocycles. The molecule has 4 aliphatic rings. The molecule has 1 amide bonds. The molecule has 2 saturated carbocycles. The van der Waals surface area contributed by atoms with E-state index >= 15 is 4.39 Å². The van der Waals surface area contributed by atoms with Crippen molar-refractivity contribution in [3.05, 3.63) is 62.2 Å². The number of benzene rings is 1. The SMILES string of the molecule is COC(=O)C1=C(C23CCCCCCCCCCCC(CCCCCCCCCC(NS(=O)(=O)C4CN(C(=O)OC(C)(C)C)C4)C2)C3)NC(c2nccs2)=NC1c1ccc(F)c(F)c1Cl. The van der Waals surface area contributed by atoms with E-state index < -0.39 is 67.1 Å². The fraction of sp³-hybridized carbons (Fsp3) is 0.708. The molecule has 2 aromatic rings. The number of hydrogen-bond donors (Lipinski definition) is 2. The van der Waals surface area contributed by atoms with Gasteiger partial charge in [0.05, 0.1) is 17.7 Å². The fourth-order valence-electron chi connectivity index (χ4n) is 10.2. The Morgan fingerprint density at radius 3 is 2.06 bits per heavy atom. The van der Waals surface area contributed by atoms with Crippen LogP contribution in [-0.4, -0.2) is 73.3 Å². The lowest BCUT2D eigenvalue weighted by Gasteiger charge is -2.45. The Balaban J connectivity index is 1.52. The van der Waals surface area contributed by atoms with Crippen LogP contribution in [0.25, 0.3) is 0 Å². The van der Waals surface area contributed by atoms with Crippen LogP contribution in [-0.2, 0) is 24.3 Å². The number of carbonyl (C=O) groups is 2. The molecule has 64 heavy (non-hydrogen) atoms. The van der Waals surface area contributed by atoms with Crippen LogP contribution in [0, 0.1) is 23.0 Å². The summed E-state index contributed by atoms with van der Waals surface area (Å²) in [6.45, 7) is 5.38. The van der Waals surface area contributed by atoms with Crippen molar-refractivity contribution in [1.82, 2.24) is 19.9 Å². The van der Waals surface area contributed by atoms with Gasteiger partial charge < -0.3 is 19.7 Å². The van der Waals surface area contributed by atoms with Gasteiger partial charge in [-0.2, -0.15) is 0 Å². The van der Waals surface area contributed by atoms with Gasteiger partial charge in [0.1, 0.15) is 16.9 Å². The molecular formula is C48H70ClF2N5O6S2. The molecule has 1 saturated heterocycles. The van der Waals surface area contributed by atoms with Crippen molar-refractivity contribution < 1.29 is 36.3 Å². The third kappa shape index (κ3) is 13.3. The van der Waals surface area contributed by atoms with Crippen LogP contribution in [0.2, 0.25) is 5.02 Å². The van der Waals surface area contributed by atoms with E-state index in [0.29, 0.717) is 42.2 Å². The molecule has 3 heterocycles. The van der Waals surface area contributed by atoms with E-state index in [1.807, 2.05) is 5.38 Å². The van der Waals surface area contributed by atoms with Crippen LogP contribution in [0.15, 0.2) is 40.0 Å². The van der Waals surface area contributed by atoms with E-state index in [1.54, 1.807) is 27.0 Å². The number of sulfonamides is 1. The zero-order valence-corrected chi connectivity index (χ0v) is 40.7. The number of rotatable bonds is 7. The number of amides is 1. The Bertz CT molecular complexity index is 2050. The van der Waals surface area contributed by atoms with Crippen molar-refractivity contribution in [1.29, 1.82) is 0 Å². The fourth-order valence-corrected chi connectivity index (χ4v) is 12.6. The Morgan fingerprint density at radius 1 is 0.891 bits per heavy atom. The summed E-state index contributed by atoms with van der Waals surface area (Å²) in [7, 11) is -2.65. The monoisotopic (exact) mass is 949 g/mol. The number of ether oxygens (including phenoxy) is 2. The second-order valence-electron chi connectivity index (χ2n) is 19.6. The number of esters is 1. The summed E-state index contributed by atoms with van der Waals surface area (Å²) >= 11 is 8.01. The number of carbonyl (C=O) groups excluding carboxylic acids is 2. The number of amidine groups is 1. The average molecular weight is 951 g/mol. The topological polar surface area (TPSA) is 139 Å². The zero-order chi connectivity index (χ0) is 45.9. The van der Waals surface area contributed by atoms with E-state index in [0.717, 1.165) is 102 Å². The molecule has 4 atom stereocenters. The third-order valence-electron chi connectivity index (χ3n) is 13.5. The molecule has 16 heteroatoms. The highest BCUT2D eigenvalue weighted by Gasteiger charge is 2.48. The maximum absolute atomic E-state index is 15.5. The Hall–Kier alpha value is -3.14. The van der Waals surface area contributed by atoms with Gasteiger partial charge in [0.15, 0.2) is 22.5 Å². The Morgan fingerprint density at radius 2 is 1.48 bits per heavy atom. The lowest BCUT2D eigenvalue weighted by Crippen LogP contribution is -2.61. The minimum atomic E-state index is -3.95. The van der Waals surface area contributed by atoms with Crippen LogP contribution in [0.1, 0.15) is 179 Å². The van der Waals surface area contributed by atoms with Crippen molar-refractivity contribution in [2.45, 2.75) is 185 Å². The van der Waals surface area contributed by atoms with Crippen molar-refractivity contribution in [3.63, 3.8) is 0 Å². The van der Waals surface area contributed by atoms with E-state index in [-0.39, 0.29) is 30.1 Å². The molecule has 4 unspecified atom stereocenters. The number of allylic oxidation sites excluding steroid dienone is 1. The number of halogens is 3. The predicted molar refractivity (Wildman–Crippen MR) is 250 cm³/mol. The first-order chi connectivity index (χ1) is 30.6. The molecular weight excluding hydrogens is 880 g/mol. The van der Waals surface area contributed by atoms with E-state index in [2.05, 4.69) is 15.0 Å². The minimum absolute atomic E-state index is 0.0215. The summed E-state index contributed by atoms with van der Waals surface area (Å²) < 4.78 is 73.5. The summed E-state index contributed by atoms with van der Waals surface area (Å²) in [5, 5.41) is 4.71. The van der Waals surface area contributed by atoms with Gasteiger partial charge in [0.25, 0.3) is 0 Å². The first kappa shape index (κ1) is 50.3. The van der Waals surface area contributed by atoms with Crippen molar-refractivity contribution in [3.8, 4) is 0 Å². The highest BCUT2D eigenvalue weighted by molar-refractivity contribution is 7.90. The number of thiazole rings is 1. The normalized spacial score (nSPS) is 25.8. The van der Waals surface area contributed by atoms with Crippen molar-refractivity contribution >= 4 is 50.9 Å². The lowest BCUT2D eigenvalue weighted by atomic mass is 9.65. The molecule has 2 bridgehead atoms. The van der Waals surface area contributed by atoms with Crippen LogP contribution >= 0.6 is 22.9 Å². The number of fused-ring (bicyclic) bond motifs is 2. The molecule has 356 valence electrons. The number of aromatic nitrogens is 1. The van der Waals surface area contributed by atoms with Gasteiger partial charge >= 0.3 is 12.1 Å². The Kier molecular flexibility index (Phi) is 18.1. The van der Waals surface area contributed by atoms with Gasteiger partial charge in [-0.25, -0.2) is 36.5 Å². The lowest BCUT2D eigenvalue weighted by molar-refractivity contribution is -0.136. The number of likely N-dealkylation sites (tertiary alicyclic amines) is 1. The van der Waals surface area contributed by atoms with Crippen LogP contribution in [0.4, 0.5) is 13.6 Å². The standard InChI is InChI=1S/C48H70ClF2N5O6S2/c1-47(2,3)62-46(58)56-31-35(32-56)64(59,60)55-34-23-19-15-11-8-10-14-18-22-33-21-17-13-9-6-5-7-12-16-20-26-48(29-33,30-34)42-38(45(57)61-4)41(36-24-25-37(50)40(51)39(36)49)53-43(54-42)44-52-27-28-63-44/h24-25,27-28,33-35,41,55H,5-23,26,29-32H2,1-4H3,(H,53,54). The summed E-state index contributed by atoms with van der Waals surface area (Å²) in [5.74, 6) is -2.43. The van der Waals surface area contributed by atoms with Crippen LogP contribution in [0.5, 0.6) is 0 Å². The molecule has 6 rings (SSSR count). The zero-order valence-electron chi connectivity index (χ0n) is 38.3. The van der Waals surface area contributed by atoms with E-state index in [1.165, 1.54) is 48.7 Å². The summed E-state index contributed by atoms with van der Waals surface area (Å²) in [4.78, 5) is 38.5. The molecule has 2 N–H and O–H groups in total. The summed E-state index contributed by atoms with van der Waals surface area (Å²) in [6, 6.07) is 0.641. The molecule has 1 aromatic heterocycles. The number of hydrogen-bond acceptors (Lipinski definition) is 10. The minimum Gasteiger partial charge on any atom is -0.466 e. The molecule has 3 fully saturated rings. The largest absolute Gasteiger partial charge is 0.466 e. The summed E-state index contributed by atoms with van der Waals surface area (Å²) in [6.07, 6.45) is 22.4. The first-order valence-electron chi connectivity index (χ1n) is 23.8. The number of aliphatic imine (C=N–C) groups is 1. The second kappa shape index (κ2) is 23.0. The number of methoxy groups -OCH3 is 1. The third-order valence-corrected chi connectivity index (χ3v) is 16.5. The maximum atomic E-state index is 15.5. The smallest absolute Gasteiger partial charge is 0.410 e. The van der Waals surface area contributed by atoms with Crippen molar-refractivity contribution in [2.75, 3.05) is 20.2 Å². The van der Waals surface area contributed by atoms with E-state index in [4.69, 9.17) is 26.1 Å². The molecule has 2 aliphatic heterocycles. The molecule has 0 spiro atoms. The average Bonchev–Trinajstić information content (AvgIpc) is 3.77. The van der Waals surface area contributed by atoms with E-state index in [9.17, 15) is 22.4 Å². The molecule has 11 nitrogen and oxygen atoms in total. The van der Waals surface area contributed by atoms with Gasteiger partial charge in [0.2, 0.25) is 10.0 Å². The maximum Gasteiger partial charge on any atom is 0.410 e. The quantitative estimate of drug-likeness (QED) is 0.207. The number of nitrogens with zero attached hydrogens (tertiary/aromatic N) is 3. The van der Waals surface area contributed by atoms with Gasteiger partial charge in [-0.1, -0.05) is 133 Å². The highest BCUT2D eigenvalue weighted by Crippen LogP contribution is 2.51. The highest BCUT2D eigenvalue weighted by atomic mass is 35.5. The summed E-state index contributed by atoms with van der Waals surface area (Å²) in [5.41, 5.74) is -0.753. The molecule has 1 aromatic carbocycles. The van der Waals surface area contributed by atoms with Crippen molar-refractivity contribution in [2.24, 2.45) is 16.3 Å². The van der Waals surface area contributed by atoms with Gasteiger partial charge in [0, 0.05) is 47.4 Å². The van der Waals surface area contributed by atoms with Crippen LogP contribution < -0.4 is 10.0 Å². The van der Waals surface area contributed by atoms with Gasteiger partial charge in [-0.3, -0.25) is 4.99 Å². The second-order valence-corrected chi connectivity index (χ2v) is 22.8. The van der Waals surface area contributed by atoms with Crippen LogP contribution in [0.3, 0.4) is 0 Å².